The van der Waals surface area contributed by atoms with Crippen LogP contribution in [0.4, 0.5) is 18.9 Å². The van der Waals surface area contributed by atoms with E-state index in [1.165, 1.54) is 12.1 Å². The van der Waals surface area contributed by atoms with E-state index in [0.717, 1.165) is 6.07 Å². The second-order valence-electron chi connectivity index (χ2n) is 10.2. The molecule has 202 valence electrons. The number of rotatable bonds is 6. The summed E-state index contributed by atoms with van der Waals surface area (Å²) in [6.07, 6.45) is 4.50. The van der Waals surface area contributed by atoms with Gasteiger partial charge in [-0.2, -0.15) is 5.10 Å². The molecule has 0 radical (unpaired) electrons. The van der Waals surface area contributed by atoms with Gasteiger partial charge in [0.15, 0.2) is 27.3 Å². The van der Waals surface area contributed by atoms with Gasteiger partial charge in [-0.15, -0.1) is 0 Å². The van der Waals surface area contributed by atoms with Crippen LogP contribution in [0, 0.1) is 35.2 Å². The summed E-state index contributed by atoms with van der Waals surface area (Å²) in [5.74, 6) is -5.93. The van der Waals surface area contributed by atoms with Crippen LogP contribution in [-0.2, 0) is 16.4 Å². The first-order valence-corrected chi connectivity index (χ1v) is 14.0. The monoisotopic (exact) mass is 567 g/mol. The van der Waals surface area contributed by atoms with Gasteiger partial charge in [0, 0.05) is 35.8 Å². The van der Waals surface area contributed by atoms with Gasteiger partial charge in [0.2, 0.25) is 0 Å². The van der Waals surface area contributed by atoms with Crippen molar-refractivity contribution in [2.45, 2.75) is 48.5 Å². The summed E-state index contributed by atoms with van der Waals surface area (Å²) < 4.78 is 69.5. The molecule has 2 aliphatic carbocycles. The van der Waals surface area contributed by atoms with Crippen molar-refractivity contribution in [3.63, 3.8) is 0 Å². The minimum absolute atomic E-state index is 0.0711. The van der Waals surface area contributed by atoms with Crippen molar-refractivity contribution in [1.29, 1.82) is 0 Å². The van der Waals surface area contributed by atoms with E-state index < -0.39 is 44.0 Å². The third-order valence-corrected chi connectivity index (χ3v) is 10.6. The Hall–Kier alpha value is -2.89. The molecular formula is C26H25ClF3N3O4S. The summed E-state index contributed by atoms with van der Waals surface area (Å²) in [5.41, 5.74) is -1.54. The predicted molar refractivity (Wildman–Crippen MR) is 134 cm³/mol. The lowest BCUT2D eigenvalue weighted by Crippen LogP contribution is -2.51. The van der Waals surface area contributed by atoms with Crippen molar-refractivity contribution in [2.75, 3.05) is 5.32 Å². The molecule has 5 rings (SSSR count). The van der Waals surface area contributed by atoms with Gasteiger partial charge in [-0.3, -0.25) is 9.48 Å². The van der Waals surface area contributed by atoms with E-state index in [1.54, 1.807) is 23.1 Å². The summed E-state index contributed by atoms with van der Waals surface area (Å²) in [4.78, 5) is 12.5. The number of carbonyl (C=O) groups is 1. The molecule has 0 aliphatic heterocycles. The number of carbonyl (C=O) groups excluding carboxylic acids is 1. The summed E-state index contributed by atoms with van der Waals surface area (Å²) in [6.45, 7) is 2.28. The maximum Gasteiger partial charge on any atom is 0.255 e. The standard InChI is InChI=1S/C26H25ClF3N3O4S/c1-14-7-16-9-18(12-19(14)26(16,35)13-33-6-2-5-31-33)38(36,37)23-8-15(3-4-20(23)27)25(34)32-17-10-21(28)24(30)22(29)11-17/h2-6,8,10-11,14,16,18-19,35H,7,9,12-13H2,1H3,(H,32,34)/t14-,16?,18+,19+,26+/m0/s1. The van der Waals surface area contributed by atoms with Crippen LogP contribution in [0.1, 0.15) is 36.5 Å². The molecule has 2 aliphatic rings. The number of nitrogens with one attached hydrogen (secondary N) is 1. The van der Waals surface area contributed by atoms with Crippen LogP contribution in [0.15, 0.2) is 53.7 Å². The van der Waals surface area contributed by atoms with Crippen LogP contribution in [0.3, 0.4) is 0 Å². The number of aliphatic hydroxyl groups is 1. The maximum atomic E-state index is 13.8. The van der Waals surface area contributed by atoms with Gasteiger partial charge >= 0.3 is 0 Å². The van der Waals surface area contributed by atoms with Crippen LogP contribution >= 0.6 is 11.6 Å². The fourth-order valence-corrected chi connectivity index (χ4v) is 8.45. The zero-order valence-electron chi connectivity index (χ0n) is 20.2. The number of nitrogens with zero attached hydrogens (tertiary/aromatic N) is 2. The van der Waals surface area contributed by atoms with Crippen LogP contribution in [0.2, 0.25) is 5.02 Å². The van der Waals surface area contributed by atoms with E-state index >= 15 is 0 Å². The lowest BCUT2D eigenvalue weighted by atomic mass is 9.73. The fraction of sp³-hybridized carbons (Fsp3) is 0.385. The molecule has 38 heavy (non-hydrogen) atoms. The van der Waals surface area contributed by atoms with Gasteiger partial charge < -0.3 is 10.4 Å². The van der Waals surface area contributed by atoms with Crippen LogP contribution in [0.25, 0.3) is 0 Å². The normalized spacial score (nSPS) is 26.9. The molecule has 0 saturated heterocycles. The number of benzene rings is 2. The Bertz CT molecular complexity index is 1480. The van der Waals surface area contributed by atoms with Gasteiger partial charge in [-0.25, -0.2) is 21.6 Å². The third kappa shape index (κ3) is 4.60. The molecule has 0 spiro atoms. The highest BCUT2D eigenvalue weighted by atomic mass is 35.5. The molecule has 2 fully saturated rings. The molecule has 12 heteroatoms. The van der Waals surface area contributed by atoms with E-state index in [4.69, 9.17) is 11.6 Å². The highest BCUT2D eigenvalue weighted by molar-refractivity contribution is 7.92. The van der Waals surface area contributed by atoms with Crippen molar-refractivity contribution in [3.8, 4) is 0 Å². The summed E-state index contributed by atoms with van der Waals surface area (Å²) >= 11 is 6.28. The Morgan fingerprint density at radius 3 is 2.53 bits per heavy atom. The smallest absolute Gasteiger partial charge is 0.255 e. The lowest BCUT2D eigenvalue weighted by Gasteiger charge is -2.43. The van der Waals surface area contributed by atoms with Gasteiger partial charge in [0.05, 0.1) is 27.3 Å². The molecule has 2 bridgehead atoms. The van der Waals surface area contributed by atoms with Crippen LogP contribution in [-0.4, -0.2) is 40.1 Å². The molecule has 1 amide bonds. The molecule has 5 atom stereocenters. The highest BCUT2D eigenvalue weighted by Gasteiger charge is 2.58. The topological polar surface area (TPSA) is 101 Å². The van der Waals surface area contributed by atoms with Gasteiger partial charge in [0.25, 0.3) is 5.91 Å². The predicted octanol–water partition coefficient (Wildman–Crippen LogP) is 4.85. The van der Waals surface area contributed by atoms with E-state index in [9.17, 15) is 31.5 Å². The fourth-order valence-electron chi connectivity index (χ4n) is 6.07. The van der Waals surface area contributed by atoms with Gasteiger partial charge in [0.1, 0.15) is 0 Å². The summed E-state index contributed by atoms with van der Waals surface area (Å²) in [5, 5.41) is 17.2. The number of hydrogen-bond donors (Lipinski definition) is 2. The number of sulfone groups is 1. The Kier molecular flexibility index (Phi) is 6.81. The number of anilines is 1. The van der Waals surface area contributed by atoms with Crippen molar-refractivity contribution >= 4 is 33.0 Å². The number of amides is 1. The number of aromatic nitrogens is 2. The first kappa shape index (κ1) is 26.7. The highest BCUT2D eigenvalue weighted by Crippen LogP contribution is 2.55. The molecule has 1 heterocycles. The summed E-state index contributed by atoms with van der Waals surface area (Å²) in [6, 6.07) is 6.67. The Morgan fingerprint density at radius 2 is 1.89 bits per heavy atom. The molecule has 2 N–H and O–H groups in total. The van der Waals surface area contributed by atoms with Gasteiger partial charge in [-0.1, -0.05) is 18.5 Å². The van der Waals surface area contributed by atoms with Gasteiger partial charge in [-0.05, 0) is 61.3 Å². The Balaban J connectivity index is 1.40. The Morgan fingerprint density at radius 1 is 1.18 bits per heavy atom. The Labute approximate surface area is 222 Å². The molecule has 3 aromatic rings. The number of fused-ring (bicyclic) bond motifs is 2. The first-order chi connectivity index (χ1) is 17.9. The van der Waals surface area contributed by atoms with Crippen molar-refractivity contribution in [2.24, 2.45) is 17.8 Å². The minimum Gasteiger partial charge on any atom is -0.387 e. The zero-order chi connectivity index (χ0) is 27.4. The van der Waals surface area contributed by atoms with Crippen molar-refractivity contribution < 1.29 is 31.5 Å². The molecule has 2 saturated carbocycles. The summed E-state index contributed by atoms with van der Waals surface area (Å²) in [7, 11) is -4.02. The number of hydrogen-bond acceptors (Lipinski definition) is 5. The van der Waals surface area contributed by atoms with E-state index in [1.807, 2.05) is 6.92 Å². The molecular weight excluding hydrogens is 543 g/mol. The largest absolute Gasteiger partial charge is 0.387 e. The lowest BCUT2D eigenvalue weighted by molar-refractivity contribution is -0.0783. The number of halogens is 4. The maximum absolute atomic E-state index is 13.8. The second kappa shape index (κ2) is 9.69. The SMILES string of the molecule is C[C@H]1CC2C[C@@H](S(=O)(=O)c3cc(C(=O)Nc4cc(F)c(F)c(F)c4)ccc3Cl)C[C@H]1[C@@]2(O)Cn1cccn1. The third-order valence-electron chi connectivity index (χ3n) is 7.91. The quantitative estimate of drug-likeness (QED) is 0.415. The molecule has 7 nitrogen and oxygen atoms in total. The van der Waals surface area contributed by atoms with Crippen LogP contribution < -0.4 is 5.32 Å². The van der Waals surface area contributed by atoms with E-state index in [0.29, 0.717) is 18.6 Å². The van der Waals surface area contributed by atoms with Crippen LogP contribution in [0.5, 0.6) is 0 Å². The zero-order valence-corrected chi connectivity index (χ0v) is 21.8. The van der Waals surface area contributed by atoms with E-state index in [2.05, 4.69) is 10.4 Å². The minimum atomic E-state index is -4.02. The average Bonchev–Trinajstić information content (AvgIpc) is 3.37. The molecule has 1 aromatic heterocycles. The van der Waals surface area contributed by atoms with Crippen molar-refractivity contribution in [1.82, 2.24) is 9.78 Å². The first-order valence-electron chi connectivity index (χ1n) is 12.1. The second-order valence-corrected chi connectivity index (χ2v) is 12.8. The van der Waals surface area contributed by atoms with E-state index in [-0.39, 0.29) is 58.3 Å². The molecule has 2 aromatic carbocycles. The average molecular weight is 568 g/mol. The van der Waals surface area contributed by atoms with Crippen molar-refractivity contribution in [3.05, 3.63) is 76.8 Å². The molecule has 1 unspecified atom stereocenters.